The molecule has 0 spiro atoms. The van der Waals surface area contributed by atoms with Crippen LogP contribution in [0.25, 0.3) is 10.2 Å². The first-order valence-electron chi connectivity index (χ1n) is 10.2. The van der Waals surface area contributed by atoms with Crippen molar-refractivity contribution in [2.45, 2.75) is 33.6 Å². The normalized spacial score (nSPS) is 16.3. The van der Waals surface area contributed by atoms with Gasteiger partial charge >= 0.3 is 0 Å². The van der Waals surface area contributed by atoms with E-state index in [0.717, 1.165) is 39.2 Å². The van der Waals surface area contributed by atoms with Crippen LogP contribution in [0.1, 0.15) is 31.4 Å². The van der Waals surface area contributed by atoms with Crippen molar-refractivity contribution < 1.29 is 14.3 Å². The molecule has 0 bridgehead atoms. The molecule has 1 unspecified atom stereocenters. The largest absolute Gasteiger partial charge is 0.494 e. The number of thiazole rings is 1. The molecule has 1 aromatic heterocycles. The third-order valence-electron chi connectivity index (χ3n) is 5.37. The molecule has 1 fully saturated rings. The average Bonchev–Trinajstić information content (AvgIpc) is 3.30. The number of nitrogens with one attached hydrogen (secondary N) is 1. The second kappa shape index (κ2) is 8.44. The number of fused-ring (bicyclic) bond motifs is 1. The Kier molecular flexibility index (Phi) is 5.72. The van der Waals surface area contributed by atoms with Gasteiger partial charge in [-0.25, -0.2) is 4.98 Å². The van der Waals surface area contributed by atoms with Crippen molar-refractivity contribution in [3.63, 3.8) is 0 Å². The highest BCUT2D eigenvalue weighted by atomic mass is 32.1. The van der Waals surface area contributed by atoms with Crippen molar-refractivity contribution in [1.29, 1.82) is 0 Å². The van der Waals surface area contributed by atoms with Crippen molar-refractivity contribution in [3.8, 4) is 5.75 Å². The smallest absolute Gasteiger partial charge is 0.231 e. The second-order valence-electron chi connectivity index (χ2n) is 7.41. The number of aryl methyl sites for hydroxylation is 2. The topological polar surface area (TPSA) is 71.5 Å². The standard InChI is InChI=1S/C23H25N3O3S/c1-4-15-8-6-7-14(3)21(15)26-13-16(11-20(26)27)22(28)25-23-24-18-10-9-17(29-5-2)12-19(18)30-23/h6-10,12,16H,4-5,11,13H2,1-3H3,(H,24,25,28). The molecule has 4 rings (SSSR count). The van der Waals surface area contributed by atoms with Gasteiger partial charge in [0.05, 0.1) is 22.7 Å². The third kappa shape index (κ3) is 3.89. The molecule has 2 heterocycles. The predicted octanol–water partition coefficient (Wildman–Crippen LogP) is 4.56. The number of rotatable bonds is 6. The van der Waals surface area contributed by atoms with Crippen LogP contribution < -0.4 is 15.0 Å². The zero-order chi connectivity index (χ0) is 21.3. The highest BCUT2D eigenvalue weighted by Gasteiger charge is 2.36. The molecule has 6 nitrogen and oxygen atoms in total. The van der Waals surface area contributed by atoms with E-state index in [2.05, 4.69) is 17.2 Å². The molecule has 3 aromatic rings. The fraction of sp³-hybridized carbons (Fsp3) is 0.348. The van der Waals surface area contributed by atoms with Gasteiger partial charge in [0.25, 0.3) is 0 Å². The Morgan fingerprint density at radius 2 is 2.13 bits per heavy atom. The van der Waals surface area contributed by atoms with Gasteiger partial charge in [-0.15, -0.1) is 0 Å². The van der Waals surface area contributed by atoms with Crippen molar-refractivity contribution in [3.05, 3.63) is 47.5 Å². The summed E-state index contributed by atoms with van der Waals surface area (Å²) in [5.74, 6) is 0.215. The maximum atomic E-state index is 12.9. The van der Waals surface area contributed by atoms with Crippen LogP contribution in [0.15, 0.2) is 36.4 Å². The van der Waals surface area contributed by atoms with E-state index in [-0.39, 0.29) is 18.2 Å². The van der Waals surface area contributed by atoms with Crippen LogP contribution in [-0.4, -0.2) is 29.9 Å². The van der Waals surface area contributed by atoms with Gasteiger partial charge in [0.2, 0.25) is 11.8 Å². The summed E-state index contributed by atoms with van der Waals surface area (Å²) in [7, 11) is 0. The molecule has 1 aliphatic heterocycles. The van der Waals surface area contributed by atoms with Gasteiger partial charge < -0.3 is 15.0 Å². The quantitative estimate of drug-likeness (QED) is 0.631. The van der Waals surface area contributed by atoms with E-state index in [1.54, 1.807) is 4.90 Å². The van der Waals surface area contributed by atoms with Crippen LogP contribution >= 0.6 is 11.3 Å². The minimum atomic E-state index is -0.396. The lowest BCUT2D eigenvalue weighted by Gasteiger charge is -2.22. The molecule has 1 atom stereocenters. The Morgan fingerprint density at radius 3 is 2.90 bits per heavy atom. The van der Waals surface area contributed by atoms with E-state index in [1.807, 2.05) is 50.2 Å². The Hall–Kier alpha value is -2.93. The molecule has 2 amide bonds. The van der Waals surface area contributed by atoms with Crippen LogP contribution in [0, 0.1) is 12.8 Å². The molecule has 2 aromatic carbocycles. The SMILES string of the molecule is CCOc1ccc2nc(NC(=O)C3CC(=O)N(c4c(C)cccc4CC)C3)sc2c1. The predicted molar refractivity (Wildman–Crippen MR) is 120 cm³/mol. The number of hydrogen-bond acceptors (Lipinski definition) is 5. The second-order valence-corrected chi connectivity index (χ2v) is 8.44. The summed E-state index contributed by atoms with van der Waals surface area (Å²) < 4.78 is 6.48. The molecule has 1 aliphatic rings. The Balaban J connectivity index is 1.50. The molecular weight excluding hydrogens is 398 g/mol. The molecule has 0 aliphatic carbocycles. The fourth-order valence-corrected chi connectivity index (χ4v) is 4.81. The third-order valence-corrected chi connectivity index (χ3v) is 6.30. The van der Waals surface area contributed by atoms with Gasteiger partial charge in [-0.05, 0) is 49.6 Å². The van der Waals surface area contributed by atoms with Crippen molar-refractivity contribution in [2.24, 2.45) is 5.92 Å². The summed E-state index contributed by atoms with van der Waals surface area (Å²) in [6, 6.07) is 11.7. The summed E-state index contributed by atoms with van der Waals surface area (Å²) in [4.78, 5) is 31.9. The summed E-state index contributed by atoms with van der Waals surface area (Å²) >= 11 is 1.41. The van der Waals surface area contributed by atoms with Gasteiger partial charge in [0, 0.05) is 18.7 Å². The number of hydrogen-bond donors (Lipinski definition) is 1. The minimum absolute atomic E-state index is 0.00944. The number of aromatic nitrogens is 1. The van der Waals surface area contributed by atoms with Crippen LogP contribution in [-0.2, 0) is 16.0 Å². The molecule has 1 N–H and O–H groups in total. The number of amides is 2. The molecule has 7 heteroatoms. The van der Waals surface area contributed by atoms with Crippen LogP contribution in [0.3, 0.4) is 0 Å². The lowest BCUT2D eigenvalue weighted by Crippen LogP contribution is -2.29. The van der Waals surface area contributed by atoms with E-state index in [1.165, 1.54) is 11.3 Å². The van der Waals surface area contributed by atoms with E-state index in [0.29, 0.717) is 18.3 Å². The van der Waals surface area contributed by atoms with E-state index < -0.39 is 5.92 Å². The molecule has 156 valence electrons. The van der Waals surface area contributed by atoms with Crippen LogP contribution in [0.4, 0.5) is 10.8 Å². The lowest BCUT2D eigenvalue weighted by atomic mass is 10.0. The minimum Gasteiger partial charge on any atom is -0.494 e. The van der Waals surface area contributed by atoms with Crippen LogP contribution in [0.2, 0.25) is 0 Å². The van der Waals surface area contributed by atoms with E-state index >= 15 is 0 Å². The number of ether oxygens (including phenoxy) is 1. The molecular formula is C23H25N3O3S. The van der Waals surface area contributed by atoms with Crippen molar-refractivity contribution in [2.75, 3.05) is 23.4 Å². The van der Waals surface area contributed by atoms with Crippen molar-refractivity contribution in [1.82, 2.24) is 4.98 Å². The number of para-hydroxylation sites is 1. The van der Waals surface area contributed by atoms with E-state index in [9.17, 15) is 9.59 Å². The first kappa shape index (κ1) is 20.3. The monoisotopic (exact) mass is 423 g/mol. The molecule has 0 saturated carbocycles. The van der Waals surface area contributed by atoms with Crippen molar-refractivity contribution >= 4 is 44.2 Å². The first-order chi connectivity index (χ1) is 14.5. The zero-order valence-electron chi connectivity index (χ0n) is 17.4. The molecule has 1 saturated heterocycles. The van der Waals surface area contributed by atoms with Crippen LogP contribution in [0.5, 0.6) is 5.75 Å². The number of anilines is 2. The lowest BCUT2D eigenvalue weighted by molar-refractivity contribution is -0.122. The maximum absolute atomic E-state index is 12.9. The Labute approximate surface area is 179 Å². The summed E-state index contributed by atoms with van der Waals surface area (Å²) in [5, 5.41) is 3.45. The zero-order valence-corrected chi connectivity index (χ0v) is 18.2. The molecule has 0 radical (unpaired) electrons. The summed E-state index contributed by atoms with van der Waals surface area (Å²) in [5.41, 5.74) is 3.94. The van der Waals surface area contributed by atoms with Gasteiger partial charge in [-0.3, -0.25) is 9.59 Å². The van der Waals surface area contributed by atoms with Gasteiger partial charge in [0.15, 0.2) is 5.13 Å². The number of nitrogens with zero attached hydrogens (tertiary/aromatic N) is 2. The Morgan fingerprint density at radius 1 is 1.30 bits per heavy atom. The summed E-state index contributed by atoms with van der Waals surface area (Å²) in [6.45, 7) is 7.01. The number of carbonyl (C=O) groups is 2. The highest BCUT2D eigenvalue weighted by molar-refractivity contribution is 7.22. The fourth-order valence-electron chi connectivity index (χ4n) is 3.91. The van der Waals surface area contributed by atoms with Gasteiger partial charge in [-0.1, -0.05) is 36.5 Å². The van der Waals surface area contributed by atoms with Gasteiger partial charge in [0.1, 0.15) is 5.75 Å². The highest BCUT2D eigenvalue weighted by Crippen LogP contribution is 2.33. The Bertz CT molecular complexity index is 1110. The molecule has 30 heavy (non-hydrogen) atoms. The first-order valence-corrected chi connectivity index (χ1v) is 11.0. The average molecular weight is 424 g/mol. The van der Waals surface area contributed by atoms with E-state index in [4.69, 9.17) is 4.74 Å². The number of carbonyl (C=O) groups excluding carboxylic acids is 2. The maximum Gasteiger partial charge on any atom is 0.231 e. The number of benzene rings is 2. The summed E-state index contributed by atoms with van der Waals surface area (Å²) in [6.07, 6.45) is 1.05. The van der Waals surface area contributed by atoms with Gasteiger partial charge in [-0.2, -0.15) is 0 Å².